The molecule has 1 aromatic heterocycles. The topological polar surface area (TPSA) is 102 Å². The second-order valence-electron chi connectivity index (χ2n) is 3.40. The van der Waals surface area contributed by atoms with Gasteiger partial charge in [0.25, 0.3) is 5.56 Å². The van der Waals surface area contributed by atoms with E-state index in [2.05, 4.69) is 10.3 Å². The van der Waals surface area contributed by atoms with Crippen LogP contribution in [0.4, 0.5) is 0 Å². The second kappa shape index (κ2) is 5.43. The molecule has 1 amide bonds. The minimum Gasteiger partial charge on any atom is -0.388 e. The molecule has 2 unspecified atom stereocenters. The second-order valence-corrected chi connectivity index (χ2v) is 3.40. The largest absolute Gasteiger partial charge is 0.388 e. The van der Waals surface area contributed by atoms with Gasteiger partial charge in [-0.25, -0.2) is 0 Å². The molecular formula is C10H14N2O4. The highest BCUT2D eigenvalue weighted by atomic mass is 16.3. The summed E-state index contributed by atoms with van der Waals surface area (Å²) < 4.78 is 0. The fourth-order valence-corrected chi connectivity index (χ4v) is 1.23. The standard InChI is InChI=1S/C10H14N2O4/c1-6(13)12-5-8(14)9(15)7-3-2-4-11-10(7)16/h2-4,8-9,14-15H,5H2,1H3,(H,11,16)(H,12,13). The van der Waals surface area contributed by atoms with Gasteiger partial charge in [-0.1, -0.05) is 0 Å². The molecule has 88 valence electrons. The van der Waals surface area contributed by atoms with Crippen LogP contribution in [0.15, 0.2) is 23.1 Å². The number of rotatable bonds is 4. The van der Waals surface area contributed by atoms with Crippen molar-refractivity contribution in [2.45, 2.75) is 19.1 Å². The van der Waals surface area contributed by atoms with E-state index < -0.39 is 17.8 Å². The van der Waals surface area contributed by atoms with Crippen LogP contribution in [0.2, 0.25) is 0 Å². The lowest BCUT2D eigenvalue weighted by Gasteiger charge is -2.17. The number of carbonyl (C=O) groups is 1. The fourth-order valence-electron chi connectivity index (χ4n) is 1.23. The van der Waals surface area contributed by atoms with Crippen LogP contribution in [-0.4, -0.2) is 33.8 Å². The highest BCUT2D eigenvalue weighted by Crippen LogP contribution is 2.11. The molecule has 6 heteroatoms. The molecule has 0 aliphatic rings. The molecule has 6 nitrogen and oxygen atoms in total. The van der Waals surface area contributed by atoms with Crippen LogP contribution in [0, 0.1) is 0 Å². The maximum Gasteiger partial charge on any atom is 0.253 e. The van der Waals surface area contributed by atoms with Gasteiger partial charge < -0.3 is 20.5 Å². The Morgan fingerprint density at radius 1 is 1.56 bits per heavy atom. The smallest absolute Gasteiger partial charge is 0.253 e. The molecule has 4 N–H and O–H groups in total. The summed E-state index contributed by atoms with van der Waals surface area (Å²) in [6, 6.07) is 2.96. The van der Waals surface area contributed by atoms with Crippen molar-refractivity contribution in [2.24, 2.45) is 0 Å². The lowest BCUT2D eigenvalue weighted by molar-refractivity contribution is -0.119. The Morgan fingerprint density at radius 3 is 2.81 bits per heavy atom. The third kappa shape index (κ3) is 3.18. The molecule has 0 radical (unpaired) electrons. The molecule has 0 saturated heterocycles. The van der Waals surface area contributed by atoms with Gasteiger partial charge in [0.1, 0.15) is 12.2 Å². The van der Waals surface area contributed by atoms with Gasteiger partial charge in [0.15, 0.2) is 0 Å². The van der Waals surface area contributed by atoms with Gasteiger partial charge in [-0.2, -0.15) is 0 Å². The van der Waals surface area contributed by atoms with Crippen LogP contribution in [0.5, 0.6) is 0 Å². The summed E-state index contributed by atoms with van der Waals surface area (Å²) in [6.45, 7) is 1.19. The van der Waals surface area contributed by atoms with Crippen LogP contribution in [0.3, 0.4) is 0 Å². The third-order valence-corrected chi connectivity index (χ3v) is 2.09. The summed E-state index contributed by atoms with van der Waals surface area (Å²) in [7, 11) is 0. The number of aromatic nitrogens is 1. The van der Waals surface area contributed by atoms with E-state index in [-0.39, 0.29) is 18.0 Å². The number of pyridine rings is 1. The lowest BCUT2D eigenvalue weighted by Crippen LogP contribution is -2.35. The number of hydrogen-bond donors (Lipinski definition) is 4. The zero-order valence-corrected chi connectivity index (χ0v) is 8.80. The molecule has 0 saturated carbocycles. The first-order valence-corrected chi connectivity index (χ1v) is 4.80. The van der Waals surface area contributed by atoms with Gasteiger partial charge in [0.05, 0.1) is 0 Å². The first-order chi connectivity index (χ1) is 7.52. The fraction of sp³-hybridized carbons (Fsp3) is 0.400. The quantitative estimate of drug-likeness (QED) is 0.523. The summed E-state index contributed by atoms with van der Waals surface area (Å²) in [5.74, 6) is -0.312. The summed E-state index contributed by atoms with van der Waals surface area (Å²) in [4.78, 5) is 24.3. The van der Waals surface area contributed by atoms with Crippen molar-refractivity contribution in [2.75, 3.05) is 6.54 Å². The number of carbonyl (C=O) groups excluding carboxylic acids is 1. The molecule has 1 heterocycles. The minimum absolute atomic E-state index is 0.0698. The van der Waals surface area contributed by atoms with Crippen molar-refractivity contribution in [3.8, 4) is 0 Å². The number of hydrogen-bond acceptors (Lipinski definition) is 4. The number of nitrogens with one attached hydrogen (secondary N) is 2. The average Bonchev–Trinajstić information content (AvgIpc) is 2.25. The Balaban J connectivity index is 2.70. The predicted molar refractivity (Wildman–Crippen MR) is 56.7 cm³/mol. The van der Waals surface area contributed by atoms with Crippen LogP contribution < -0.4 is 10.9 Å². The summed E-state index contributed by atoms with van der Waals surface area (Å²) in [5, 5.41) is 21.5. The monoisotopic (exact) mass is 226 g/mol. The van der Waals surface area contributed by atoms with E-state index in [0.29, 0.717) is 0 Å². The van der Waals surface area contributed by atoms with E-state index in [1.165, 1.54) is 19.2 Å². The van der Waals surface area contributed by atoms with E-state index in [1.807, 2.05) is 0 Å². The van der Waals surface area contributed by atoms with Gasteiger partial charge >= 0.3 is 0 Å². The van der Waals surface area contributed by atoms with Crippen molar-refractivity contribution in [1.29, 1.82) is 0 Å². The van der Waals surface area contributed by atoms with E-state index in [0.717, 1.165) is 0 Å². The molecular weight excluding hydrogens is 212 g/mol. The highest BCUT2D eigenvalue weighted by Gasteiger charge is 2.20. The molecule has 1 rings (SSSR count). The number of H-pyrrole nitrogens is 1. The van der Waals surface area contributed by atoms with Crippen LogP contribution in [0.1, 0.15) is 18.6 Å². The number of amides is 1. The Morgan fingerprint density at radius 2 is 2.25 bits per heavy atom. The molecule has 0 fully saturated rings. The molecule has 0 aliphatic carbocycles. The Hall–Kier alpha value is -1.66. The zero-order valence-electron chi connectivity index (χ0n) is 8.80. The van der Waals surface area contributed by atoms with Crippen LogP contribution in [-0.2, 0) is 4.79 Å². The molecule has 0 spiro atoms. The van der Waals surface area contributed by atoms with Crippen LogP contribution >= 0.6 is 0 Å². The highest BCUT2D eigenvalue weighted by molar-refractivity contribution is 5.72. The van der Waals surface area contributed by atoms with Crippen molar-refractivity contribution in [3.63, 3.8) is 0 Å². The molecule has 0 aliphatic heterocycles. The van der Waals surface area contributed by atoms with Crippen molar-refractivity contribution in [3.05, 3.63) is 34.2 Å². The van der Waals surface area contributed by atoms with Gasteiger partial charge in [0.2, 0.25) is 5.91 Å². The predicted octanol–water partition coefficient (Wildman–Crippen LogP) is -1.09. The first kappa shape index (κ1) is 12.4. The first-order valence-electron chi connectivity index (χ1n) is 4.80. The number of aliphatic hydroxyl groups excluding tert-OH is 2. The van der Waals surface area contributed by atoms with Crippen molar-refractivity contribution < 1.29 is 15.0 Å². The number of aromatic amines is 1. The van der Waals surface area contributed by atoms with Crippen molar-refractivity contribution in [1.82, 2.24) is 10.3 Å². The minimum atomic E-state index is -1.32. The number of aliphatic hydroxyl groups is 2. The Bertz CT molecular complexity index is 415. The third-order valence-electron chi connectivity index (χ3n) is 2.09. The van der Waals surface area contributed by atoms with Gasteiger partial charge in [-0.05, 0) is 12.1 Å². The lowest BCUT2D eigenvalue weighted by atomic mass is 10.1. The van der Waals surface area contributed by atoms with E-state index >= 15 is 0 Å². The van der Waals surface area contributed by atoms with E-state index in [1.54, 1.807) is 6.07 Å². The molecule has 16 heavy (non-hydrogen) atoms. The van der Waals surface area contributed by atoms with Gasteiger partial charge in [-0.3, -0.25) is 9.59 Å². The molecule has 0 bridgehead atoms. The maximum atomic E-state index is 11.3. The Kier molecular flexibility index (Phi) is 4.21. The summed E-state index contributed by atoms with van der Waals surface area (Å²) in [6.07, 6.45) is -1.11. The van der Waals surface area contributed by atoms with Gasteiger partial charge in [-0.15, -0.1) is 0 Å². The molecule has 1 aromatic rings. The van der Waals surface area contributed by atoms with E-state index in [9.17, 15) is 19.8 Å². The molecule has 0 aromatic carbocycles. The van der Waals surface area contributed by atoms with Crippen LogP contribution in [0.25, 0.3) is 0 Å². The Labute approximate surface area is 91.9 Å². The average molecular weight is 226 g/mol. The summed E-state index contributed by atoms with van der Waals surface area (Å²) >= 11 is 0. The zero-order chi connectivity index (χ0) is 12.1. The summed E-state index contributed by atoms with van der Waals surface area (Å²) in [5.41, 5.74) is -0.391. The van der Waals surface area contributed by atoms with E-state index in [4.69, 9.17) is 0 Å². The maximum absolute atomic E-state index is 11.3. The van der Waals surface area contributed by atoms with Gasteiger partial charge in [0, 0.05) is 25.2 Å². The normalized spacial score (nSPS) is 14.2. The molecule has 2 atom stereocenters. The SMILES string of the molecule is CC(=O)NCC(O)C(O)c1ccc[nH]c1=O. The van der Waals surface area contributed by atoms with Crippen molar-refractivity contribution >= 4 is 5.91 Å².